The fraction of sp³-hybridized carbons (Fsp3) is 0.176. The third kappa shape index (κ3) is 6.87. The van der Waals surface area contributed by atoms with Gasteiger partial charge in [-0.15, -0.1) is 11.3 Å². The Labute approximate surface area is 269 Å². The number of thiazole rings is 1. The number of carbonyl (C=O) groups excluding carboxylic acids is 1. The Bertz CT molecular complexity index is 1850. The Morgan fingerprint density at radius 1 is 0.844 bits per heavy atom. The Morgan fingerprint density at radius 2 is 1.56 bits per heavy atom. The van der Waals surface area contributed by atoms with E-state index in [1.807, 2.05) is 66.0 Å². The largest absolute Gasteiger partial charge is 0.497 e. The van der Waals surface area contributed by atoms with Crippen LogP contribution in [0.2, 0.25) is 0 Å². The molecule has 0 aliphatic carbocycles. The highest BCUT2D eigenvalue weighted by atomic mass is 32.2. The highest BCUT2D eigenvalue weighted by molar-refractivity contribution is 8.00. The molecule has 0 bridgehead atoms. The molecule has 0 spiro atoms. The van der Waals surface area contributed by atoms with E-state index in [0.29, 0.717) is 49.8 Å². The summed E-state index contributed by atoms with van der Waals surface area (Å²) in [5.41, 5.74) is 4.74. The smallest absolute Gasteiger partial charge is 0.239 e. The van der Waals surface area contributed by atoms with Crippen molar-refractivity contribution in [2.75, 3.05) is 33.8 Å². The zero-order valence-corrected chi connectivity index (χ0v) is 26.9. The highest BCUT2D eigenvalue weighted by Gasteiger charge is 2.24. The molecule has 2 heterocycles. The highest BCUT2D eigenvalue weighted by Crippen LogP contribution is 2.44. The summed E-state index contributed by atoms with van der Waals surface area (Å²) in [7, 11) is 6.23. The third-order valence-electron chi connectivity index (χ3n) is 6.90. The van der Waals surface area contributed by atoms with E-state index < -0.39 is 5.25 Å². The number of nitriles is 1. The number of hydrogen-bond donors (Lipinski definition) is 1. The number of nitrogens with zero attached hydrogens (tertiary/aromatic N) is 3. The van der Waals surface area contributed by atoms with E-state index in [0.717, 1.165) is 22.6 Å². The maximum atomic E-state index is 13.4. The van der Waals surface area contributed by atoms with Gasteiger partial charge in [-0.1, -0.05) is 54.2 Å². The summed E-state index contributed by atoms with van der Waals surface area (Å²) in [5.74, 6) is 1.80. The molecule has 1 N–H and O–H groups in total. The van der Waals surface area contributed by atoms with E-state index in [1.54, 1.807) is 26.2 Å². The Kier molecular flexibility index (Phi) is 9.87. The first-order chi connectivity index (χ1) is 21.9. The molecule has 5 aromatic rings. The van der Waals surface area contributed by atoms with Crippen molar-refractivity contribution in [3.05, 3.63) is 83.7 Å². The molecule has 45 heavy (non-hydrogen) atoms. The maximum Gasteiger partial charge on any atom is 0.239 e. The van der Waals surface area contributed by atoms with Crippen LogP contribution < -0.4 is 24.3 Å². The number of thioether (sulfide) groups is 1. The van der Waals surface area contributed by atoms with Crippen molar-refractivity contribution in [1.82, 2.24) is 9.97 Å². The minimum absolute atomic E-state index is 0.267. The molecule has 1 unspecified atom stereocenters. The lowest BCUT2D eigenvalue weighted by Gasteiger charge is -2.17. The molecule has 1 amide bonds. The summed E-state index contributed by atoms with van der Waals surface area (Å²) in [4.78, 5) is 22.8. The van der Waals surface area contributed by atoms with Crippen molar-refractivity contribution in [1.29, 1.82) is 5.26 Å². The molecule has 9 nitrogen and oxygen atoms in total. The number of anilines is 1. The molecule has 0 radical (unpaired) electrons. The predicted molar refractivity (Wildman–Crippen MR) is 178 cm³/mol. The van der Waals surface area contributed by atoms with Gasteiger partial charge in [0.15, 0.2) is 16.6 Å². The number of benzene rings is 3. The number of aromatic nitrogens is 2. The van der Waals surface area contributed by atoms with Crippen LogP contribution in [0.1, 0.15) is 12.5 Å². The lowest BCUT2D eigenvalue weighted by atomic mass is 9.98. The van der Waals surface area contributed by atoms with Crippen LogP contribution in [-0.4, -0.2) is 49.6 Å². The third-order valence-corrected chi connectivity index (χ3v) is 8.74. The Balaban J connectivity index is 1.49. The van der Waals surface area contributed by atoms with Gasteiger partial charge in [-0.25, -0.2) is 9.97 Å². The molecule has 0 aliphatic rings. The van der Waals surface area contributed by atoms with Crippen LogP contribution in [-0.2, 0) is 4.79 Å². The van der Waals surface area contributed by atoms with Crippen LogP contribution in [0, 0.1) is 11.3 Å². The average molecular weight is 639 g/mol. The second kappa shape index (κ2) is 14.2. The Morgan fingerprint density at radius 3 is 2.20 bits per heavy atom. The van der Waals surface area contributed by atoms with Crippen LogP contribution in [0.5, 0.6) is 23.0 Å². The number of ether oxygens (including phenoxy) is 4. The minimum Gasteiger partial charge on any atom is -0.497 e. The predicted octanol–water partition coefficient (Wildman–Crippen LogP) is 7.56. The zero-order chi connectivity index (χ0) is 31.9. The number of methoxy groups -OCH3 is 4. The zero-order valence-electron chi connectivity index (χ0n) is 25.3. The number of amides is 1. The summed E-state index contributed by atoms with van der Waals surface area (Å²) < 4.78 is 22.0. The fourth-order valence-electron chi connectivity index (χ4n) is 4.61. The van der Waals surface area contributed by atoms with Crippen molar-refractivity contribution in [3.63, 3.8) is 0 Å². The number of rotatable bonds is 11. The first kappa shape index (κ1) is 31.4. The molecule has 11 heteroatoms. The van der Waals surface area contributed by atoms with Gasteiger partial charge in [-0.2, -0.15) is 5.26 Å². The summed E-state index contributed by atoms with van der Waals surface area (Å²) in [6.07, 6.45) is 0. The second-order valence-electron chi connectivity index (χ2n) is 9.65. The molecule has 0 saturated carbocycles. The van der Waals surface area contributed by atoms with Crippen molar-refractivity contribution in [2.24, 2.45) is 0 Å². The summed E-state index contributed by atoms with van der Waals surface area (Å²) in [6.45, 7) is 1.77. The number of pyridine rings is 1. The van der Waals surface area contributed by atoms with Gasteiger partial charge >= 0.3 is 0 Å². The molecule has 228 valence electrons. The monoisotopic (exact) mass is 638 g/mol. The second-order valence-corrected chi connectivity index (χ2v) is 11.8. The summed E-state index contributed by atoms with van der Waals surface area (Å²) in [5, 5.41) is 15.5. The van der Waals surface area contributed by atoms with E-state index in [2.05, 4.69) is 16.4 Å². The first-order valence-electron chi connectivity index (χ1n) is 13.8. The molecule has 0 saturated heterocycles. The topological polar surface area (TPSA) is 116 Å². The quantitative estimate of drug-likeness (QED) is 0.146. The lowest BCUT2D eigenvalue weighted by Crippen LogP contribution is -2.22. The SMILES string of the molecule is COc1cccc(-c2csc(NC(=O)C(C)Sc3nc(-c4ccccc4)cc(-c4cc(OC)c(OC)c(OC)c4)c3C#N)n2)c1. The van der Waals surface area contributed by atoms with Crippen LogP contribution in [0.15, 0.2) is 83.2 Å². The van der Waals surface area contributed by atoms with Crippen LogP contribution >= 0.6 is 23.1 Å². The van der Waals surface area contributed by atoms with E-state index in [1.165, 1.54) is 44.4 Å². The molecule has 0 aliphatic heterocycles. The van der Waals surface area contributed by atoms with Gasteiger partial charge in [0.1, 0.15) is 16.8 Å². The molecular formula is C34H30N4O5S2. The number of carbonyl (C=O) groups is 1. The van der Waals surface area contributed by atoms with E-state index >= 15 is 0 Å². The van der Waals surface area contributed by atoms with E-state index in [-0.39, 0.29) is 5.91 Å². The standard InChI is InChI=1S/C34H30N4O5S2/c1-20(32(39)38-34-37-28(19-44-34)22-12-9-13-24(14-22)40-2)45-33-26(18-35)25(17-27(36-33)21-10-7-6-8-11-21)23-15-29(41-3)31(43-5)30(16-23)42-4/h6-17,19-20H,1-5H3,(H,37,38,39). The van der Waals surface area contributed by atoms with Gasteiger partial charge in [0.25, 0.3) is 0 Å². The Hall–Kier alpha value is -5.05. The van der Waals surface area contributed by atoms with Crippen molar-refractivity contribution < 1.29 is 23.7 Å². The van der Waals surface area contributed by atoms with Crippen LogP contribution in [0.3, 0.4) is 0 Å². The molecule has 2 aromatic heterocycles. The first-order valence-corrected chi connectivity index (χ1v) is 15.5. The van der Waals surface area contributed by atoms with Crippen molar-refractivity contribution >= 4 is 34.1 Å². The lowest BCUT2D eigenvalue weighted by molar-refractivity contribution is -0.115. The van der Waals surface area contributed by atoms with Crippen molar-refractivity contribution in [3.8, 4) is 62.7 Å². The normalized spacial score (nSPS) is 11.3. The maximum absolute atomic E-state index is 13.4. The van der Waals surface area contributed by atoms with Gasteiger partial charge in [0.05, 0.1) is 50.6 Å². The summed E-state index contributed by atoms with van der Waals surface area (Å²) in [6, 6.07) is 25.0. The number of hydrogen-bond acceptors (Lipinski definition) is 10. The van der Waals surface area contributed by atoms with Gasteiger partial charge in [0, 0.05) is 22.1 Å². The molecule has 1 atom stereocenters. The molecular weight excluding hydrogens is 609 g/mol. The van der Waals surface area contributed by atoms with Gasteiger partial charge in [0.2, 0.25) is 11.7 Å². The van der Waals surface area contributed by atoms with Crippen LogP contribution in [0.25, 0.3) is 33.6 Å². The van der Waals surface area contributed by atoms with E-state index in [9.17, 15) is 10.1 Å². The van der Waals surface area contributed by atoms with Gasteiger partial charge < -0.3 is 24.3 Å². The fourth-order valence-corrected chi connectivity index (χ4v) is 6.26. The number of nitrogens with one attached hydrogen (secondary N) is 1. The minimum atomic E-state index is -0.604. The molecule has 3 aromatic carbocycles. The van der Waals surface area contributed by atoms with Gasteiger partial charge in [-0.05, 0) is 42.8 Å². The van der Waals surface area contributed by atoms with Gasteiger partial charge in [-0.3, -0.25) is 4.79 Å². The summed E-state index contributed by atoms with van der Waals surface area (Å²) >= 11 is 2.53. The van der Waals surface area contributed by atoms with Crippen molar-refractivity contribution in [2.45, 2.75) is 17.2 Å². The van der Waals surface area contributed by atoms with E-state index in [4.69, 9.17) is 23.9 Å². The van der Waals surface area contributed by atoms with Crippen LogP contribution in [0.4, 0.5) is 5.13 Å². The molecule has 0 fully saturated rings. The molecule has 5 rings (SSSR count). The average Bonchev–Trinajstić information content (AvgIpc) is 3.56.